The number of hydrogen-bond acceptors (Lipinski definition) is 8. The fourth-order valence-electron chi connectivity index (χ4n) is 2.75. The Balaban J connectivity index is 1.96. The molecule has 0 aliphatic rings. The number of nitrogens with one attached hydrogen (secondary N) is 1. The van der Waals surface area contributed by atoms with Crippen LogP contribution in [0.25, 0.3) is 0 Å². The van der Waals surface area contributed by atoms with Crippen LogP contribution in [0.1, 0.15) is 20.8 Å². The molecule has 2 heterocycles. The van der Waals surface area contributed by atoms with E-state index in [1.165, 1.54) is 50.2 Å². The van der Waals surface area contributed by atoms with E-state index in [1.54, 1.807) is 23.6 Å². The molecule has 0 saturated carbocycles. The Morgan fingerprint density at radius 3 is 2.66 bits per heavy atom. The molecule has 2 N–H and O–H groups in total. The minimum Gasteiger partial charge on any atom is -0.495 e. The van der Waals surface area contributed by atoms with Crippen molar-refractivity contribution in [3.05, 3.63) is 70.3 Å². The van der Waals surface area contributed by atoms with E-state index in [-0.39, 0.29) is 22.8 Å². The van der Waals surface area contributed by atoms with Gasteiger partial charge in [-0.2, -0.15) is 0 Å². The van der Waals surface area contributed by atoms with Crippen LogP contribution in [0, 0.1) is 0 Å². The highest BCUT2D eigenvalue weighted by Crippen LogP contribution is 2.33. The quantitative estimate of drug-likeness (QED) is 0.520. The number of sulfonamides is 1. The number of esters is 1. The monoisotopic (exact) mass is 437 g/mol. The lowest BCUT2D eigenvalue weighted by molar-refractivity contribution is 0.0600. The van der Waals surface area contributed by atoms with Crippen LogP contribution in [0.3, 0.4) is 0 Å². The summed E-state index contributed by atoms with van der Waals surface area (Å²) < 4.78 is 43.2. The molecule has 3 rings (SSSR count). The molecule has 10 heteroatoms. The minimum absolute atomic E-state index is 0.0492. The summed E-state index contributed by atoms with van der Waals surface area (Å²) in [6.45, 7) is -0.360. The second-order valence-electron chi connectivity index (χ2n) is 6.03. The number of benzene rings is 1. The van der Waals surface area contributed by atoms with Gasteiger partial charge in [0.05, 0.1) is 32.3 Å². The van der Waals surface area contributed by atoms with E-state index < -0.39 is 21.6 Å². The summed E-state index contributed by atoms with van der Waals surface area (Å²) in [6, 6.07) is 8.94. The summed E-state index contributed by atoms with van der Waals surface area (Å²) in [5.41, 5.74) is -1.18. The van der Waals surface area contributed by atoms with Gasteiger partial charge in [-0.25, -0.2) is 17.9 Å². The largest absolute Gasteiger partial charge is 0.495 e. The zero-order chi connectivity index (χ0) is 21.1. The van der Waals surface area contributed by atoms with Gasteiger partial charge in [-0.05, 0) is 35.7 Å². The Labute approximate surface area is 171 Å². The zero-order valence-corrected chi connectivity index (χ0v) is 17.2. The Bertz CT molecular complexity index is 1040. The summed E-state index contributed by atoms with van der Waals surface area (Å²) >= 11 is 1.28. The molecule has 8 nitrogen and oxygen atoms in total. The minimum atomic E-state index is -4.15. The van der Waals surface area contributed by atoms with Gasteiger partial charge in [-0.15, -0.1) is 11.3 Å². The number of furan rings is 1. The van der Waals surface area contributed by atoms with Gasteiger partial charge in [0, 0.05) is 17.0 Å². The van der Waals surface area contributed by atoms with Crippen molar-refractivity contribution in [2.24, 2.45) is 0 Å². The molecule has 29 heavy (non-hydrogen) atoms. The smallest absolute Gasteiger partial charge is 0.337 e. The number of rotatable bonds is 8. The highest BCUT2D eigenvalue weighted by molar-refractivity contribution is 7.89. The van der Waals surface area contributed by atoms with Crippen LogP contribution < -0.4 is 9.46 Å². The van der Waals surface area contributed by atoms with E-state index in [9.17, 15) is 18.3 Å². The molecule has 0 amide bonds. The van der Waals surface area contributed by atoms with Gasteiger partial charge in [0.1, 0.15) is 16.2 Å². The summed E-state index contributed by atoms with van der Waals surface area (Å²) in [5.74, 6) is -0.634. The Morgan fingerprint density at radius 1 is 1.28 bits per heavy atom. The second-order valence-corrected chi connectivity index (χ2v) is 8.71. The lowest BCUT2D eigenvalue weighted by atomic mass is 9.95. The Kier molecular flexibility index (Phi) is 6.08. The molecule has 0 aliphatic carbocycles. The van der Waals surface area contributed by atoms with Gasteiger partial charge >= 0.3 is 5.97 Å². The number of carbonyl (C=O) groups excluding carboxylic acids is 1. The van der Waals surface area contributed by atoms with Crippen molar-refractivity contribution in [2.45, 2.75) is 10.5 Å². The third kappa shape index (κ3) is 4.20. The van der Waals surface area contributed by atoms with Gasteiger partial charge < -0.3 is 19.0 Å². The van der Waals surface area contributed by atoms with E-state index >= 15 is 0 Å². The summed E-state index contributed by atoms with van der Waals surface area (Å²) in [4.78, 5) is 12.1. The van der Waals surface area contributed by atoms with Crippen molar-refractivity contribution in [1.29, 1.82) is 0 Å². The molecule has 0 radical (unpaired) electrons. The number of ether oxygens (including phenoxy) is 2. The van der Waals surface area contributed by atoms with Gasteiger partial charge in [0.15, 0.2) is 0 Å². The lowest BCUT2D eigenvalue weighted by Gasteiger charge is -2.26. The van der Waals surface area contributed by atoms with E-state index in [2.05, 4.69) is 9.46 Å². The van der Waals surface area contributed by atoms with Crippen LogP contribution >= 0.6 is 11.3 Å². The van der Waals surface area contributed by atoms with E-state index in [0.29, 0.717) is 10.4 Å². The maximum atomic E-state index is 13.0. The Hall–Kier alpha value is -2.66. The fraction of sp³-hybridized carbons (Fsp3) is 0.211. The second kappa shape index (κ2) is 8.37. The van der Waals surface area contributed by atoms with Gasteiger partial charge in [0.2, 0.25) is 10.0 Å². The summed E-state index contributed by atoms with van der Waals surface area (Å²) in [5, 5.41) is 13.0. The molecule has 0 saturated heterocycles. The maximum Gasteiger partial charge on any atom is 0.337 e. The van der Waals surface area contributed by atoms with Gasteiger partial charge in [-0.3, -0.25) is 0 Å². The Morgan fingerprint density at radius 2 is 2.07 bits per heavy atom. The van der Waals surface area contributed by atoms with E-state index in [4.69, 9.17) is 9.15 Å². The van der Waals surface area contributed by atoms with Gasteiger partial charge in [-0.1, -0.05) is 6.07 Å². The van der Waals surface area contributed by atoms with Crippen LogP contribution in [0.2, 0.25) is 0 Å². The van der Waals surface area contributed by atoms with Crippen LogP contribution in [-0.4, -0.2) is 40.3 Å². The molecular formula is C19H19NO7S2. The normalized spacial score (nSPS) is 13.6. The predicted octanol–water partition coefficient (Wildman–Crippen LogP) is 2.35. The van der Waals surface area contributed by atoms with Crippen molar-refractivity contribution < 1.29 is 32.2 Å². The number of carbonyl (C=O) groups is 1. The van der Waals surface area contributed by atoms with E-state index in [1.807, 2.05) is 0 Å². The molecule has 0 spiro atoms. The molecule has 0 aliphatic heterocycles. The average molecular weight is 437 g/mol. The van der Waals surface area contributed by atoms with Crippen LogP contribution in [0.15, 0.2) is 63.6 Å². The summed E-state index contributed by atoms with van der Waals surface area (Å²) in [6.07, 6.45) is 2.75. The highest BCUT2D eigenvalue weighted by atomic mass is 32.2. The first-order valence-corrected chi connectivity index (χ1v) is 10.7. The molecule has 0 fully saturated rings. The number of methoxy groups -OCH3 is 2. The fourth-order valence-corrected chi connectivity index (χ4v) is 4.85. The first kappa shape index (κ1) is 21.1. The third-order valence-electron chi connectivity index (χ3n) is 4.32. The number of aliphatic hydroxyl groups is 1. The first-order valence-electron chi connectivity index (χ1n) is 8.37. The molecule has 3 aromatic rings. The molecule has 0 bridgehead atoms. The molecule has 154 valence electrons. The van der Waals surface area contributed by atoms with Crippen molar-refractivity contribution in [2.75, 3.05) is 20.8 Å². The SMILES string of the molecule is COC(=O)c1ccc(OC)c(S(=O)(=O)NCC(O)(c2ccoc2)c2cccs2)c1. The molecular weight excluding hydrogens is 418 g/mol. The van der Waals surface area contributed by atoms with Crippen LogP contribution in [-0.2, 0) is 20.4 Å². The maximum absolute atomic E-state index is 13.0. The average Bonchev–Trinajstić information content (AvgIpc) is 3.45. The van der Waals surface area contributed by atoms with E-state index in [0.717, 1.165) is 6.07 Å². The zero-order valence-electron chi connectivity index (χ0n) is 15.6. The predicted molar refractivity (Wildman–Crippen MR) is 106 cm³/mol. The van der Waals surface area contributed by atoms with Crippen LogP contribution in [0.5, 0.6) is 5.75 Å². The first-order chi connectivity index (χ1) is 13.8. The number of thiophene rings is 1. The van der Waals surface area contributed by atoms with Crippen molar-refractivity contribution in [1.82, 2.24) is 4.72 Å². The molecule has 2 aromatic heterocycles. The van der Waals surface area contributed by atoms with Gasteiger partial charge in [0.25, 0.3) is 0 Å². The molecule has 1 aromatic carbocycles. The van der Waals surface area contributed by atoms with Crippen molar-refractivity contribution in [3.8, 4) is 5.75 Å². The standard InChI is InChI=1S/C19H19NO7S2/c1-25-15-6-5-13(18(21)26-2)10-16(15)29(23,24)20-12-19(22,14-7-8-27-11-14)17-4-3-9-28-17/h3-11,20,22H,12H2,1-2H3. The van der Waals surface area contributed by atoms with Crippen molar-refractivity contribution >= 4 is 27.3 Å². The topological polar surface area (TPSA) is 115 Å². The highest BCUT2D eigenvalue weighted by Gasteiger charge is 2.36. The number of hydrogen-bond donors (Lipinski definition) is 2. The van der Waals surface area contributed by atoms with Crippen molar-refractivity contribution in [3.63, 3.8) is 0 Å². The lowest BCUT2D eigenvalue weighted by Crippen LogP contribution is -2.41. The van der Waals surface area contributed by atoms with Crippen LogP contribution in [0.4, 0.5) is 0 Å². The summed E-state index contributed by atoms with van der Waals surface area (Å²) in [7, 11) is -1.63. The molecule has 1 atom stereocenters. The molecule has 1 unspecified atom stereocenters. The third-order valence-corrected chi connectivity index (χ3v) is 6.76.